The van der Waals surface area contributed by atoms with Gasteiger partial charge in [0.05, 0.1) is 17.6 Å². The minimum Gasteiger partial charge on any atom is -0.476 e. The first-order valence-corrected chi connectivity index (χ1v) is 10.2. The van der Waals surface area contributed by atoms with E-state index in [4.69, 9.17) is 22.1 Å². The topological polar surface area (TPSA) is 65.2 Å². The third kappa shape index (κ3) is 3.33. The van der Waals surface area contributed by atoms with E-state index in [0.717, 1.165) is 11.8 Å². The van der Waals surface area contributed by atoms with Crippen LogP contribution < -0.4 is 10.5 Å². The number of nitrogens with two attached hydrogens (primary N) is 1. The molecule has 1 atom stereocenters. The lowest BCUT2D eigenvalue weighted by molar-refractivity contribution is -0.138. The number of nitrogens with zero attached hydrogens (tertiary/aromatic N) is 1. The molecule has 160 valence electrons. The zero-order chi connectivity index (χ0) is 21.7. The highest BCUT2D eigenvalue weighted by molar-refractivity contribution is 6.30. The number of carbonyl (C=O) groups excluding carboxylic acids is 1. The monoisotopic (exact) mass is 438 g/mol. The maximum Gasteiger partial charge on any atom is 0.417 e. The van der Waals surface area contributed by atoms with E-state index in [2.05, 4.69) is 4.98 Å². The number of rotatable bonds is 3. The number of ether oxygens (including phenoxy) is 1. The minimum absolute atomic E-state index is 0.0374. The molecule has 4 rings (SSSR count). The molecule has 1 aliphatic carbocycles. The summed E-state index contributed by atoms with van der Waals surface area (Å²) in [5.41, 5.74) is 4.97. The van der Waals surface area contributed by atoms with Gasteiger partial charge in [0.1, 0.15) is 0 Å². The van der Waals surface area contributed by atoms with E-state index in [1.807, 2.05) is 19.1 Å². The Kier molecular flexibility index (Phi) is 5.00. The maximum absolute atomic E-state index is 13.2. The molecule has 1 aromatic heterocycles. The van der Waals surface area contributed by atoms with Crippen molar-refractivity contribution in [2.24, 2.45) is 11.7 Å². The molecule has 2 N–H and O–H groups in total. The standard InChI is InChI=1S/C22H22ClF3N2O2/c1-20(19(27)29,13-2-4-16(23)5-3-13)14-6-8-21(9-7-14)12-30-18-17(21)10-15(11-28-18)22(24,25)26/h2-5,10-11,14H,6-9,12H2,1H3,(H2,27,29). The normalized spacial score (nSPS) is 25.4. The second-order valence-corrected chi connectivity index (χ2v) is 8.93. The van der Waals surface area contributed by atoms with E-state index in [-0.39, 0.29) is 11.8 Å². The Morgan fingerprint density at radius 3 is 2.40 bits per heavy atom. The number of alkyl halides is 3. The number of carbonyl (C=O) groups is 1. The molecule has 4 nitrogen and oxygen atoms in total. The van der Waals surface area contributed by atoms with Crippen molar-refractivity contribution in [1.82, 2.24) is 4.98 Å². The molecule has 1 unspecified atom stereocenters. The highest BCUT2D eigenvalue weighted by Crippen LogP contribution is 2.52. The molecule has 0 bridgehead atoms. The fourth-order valence-electron chi connectivity index (χ4n) is 4.92. The number of pyridine rings is 1. The summed E-state index contributed by atoms with van der Waals surface area (Å²) in [6, 6.07) is 8.25. The molecule has 1 aromatic carbocycles. The van der Waals surface area contributed by atoms with Crippen molar-refractivity contribution < 1.29 is 22.7 Å². The number of amides is 1. The maximum atomic E-state index is 13.2. The molecule has 2 aliphatic rings. The smallest absolute Gasteiger partial charge is 0.417 e. The van der Waals surface area contributed by atoms with Crippen LogP contribution in [0.15, 0.2) is 36.5 Å². The first kappa shape index (κ1) is 21.0. The van der Waals surface area contributed by atoms with Crippen molar-refractivity contribution >= 4 is 17.5 Å². The van der Waals surface area contributed by atoms with Gasteiger partial charge in [0, 0.05) is 22.2 Å². The Morgan fingerprint density at radius 2 is 1.83 bits per heavy atom. The van der Waals surface area contributed by atoms with E-state index in [0.29, 0.717) is 42.9 Å². The van der Waals surface area contributed by atoms with Gasteiger partial charge in [0.15, 0.2) is 0 Å². The fraction of sp³-hybridized carbons (Fsp3) is 0.455. The van der Waals surface area contributed by atoms with E-state index >= 15 is 0 Å². The van der Waals surface area contributed by atoms with Crippen LogP contribution in [-0.2, 0) is 21.8 Å². The summed E-state index contributed by atoms with van der Waals surface area (Å²) in [5, 5.41) is 0.570. The van der Waals surface area contributed by atoms with Gasteiger partial charge in [0.25, 0.3) is 0 Å². The Balaban J connectivity index is 1.61. The first-order chi connectivity index (χ1) is 14.1. The largest absolute Gasteiger partial charge is 0.476 e. The SMILES string of the molecule is CC(C(N)=O)(c1ccc(Cl)cc1)C1CCC2(CC1)COc1ncc(C(F)(F)F)cc12. The van der Waals surface area contributed by atoms with Crippen molar-refractivity contribution in [3.63, 3.8) is 0 Å². The minimum atomic E-state index is -4.46. The molecule has 1 fully saturated rings. The second-order valence-electron chi connectivity index (χ2n) is 8.49. The number of hydrogen-bond acceptors (Lipinski definition) is 3. The quantitative estimate of drug-likeness (QED) is 0.732. The van der Waals surface area contributed by atoms with Crippen molar-refractivity contribution in [3.8, 4) is 5.88 Å². The summed E-state index contributed by atoms with van der Waals surface area (Å²) in [6.45, 7) is 2.14. The average Bonchev–Trinajstić information content (AvgIpc) is 3.05. The number of aromatic nitrogens is 1. The predicted molar refractivity (Wildman–Crippen MR) is 106 cm³/mol. The van der Waals surface area contributed by atoms with Gasteiger partial charge in [-0.15, -0.1) is 0 Å². The van der Waals surface area contributed by atoms with Crippen LogP contribution >= 0.6 is 11.6 Å². The van der Waals surface area contributed by atoms with Crippen molar-refractivity contribution in [2.75, 3.05) is 6.61 Å². The number of primary amides is 1. The zero-order valence-electron chi connectivity index (χ0n) is 16.4. The Hall–Kier alpha value is -2.28. The molecular weight excluding hydrogens is 417 g/mol. The number of halogens is 4. The lowest BCUT2D eigenvalue weighted by Gasteiger charge is -2.43. The number of hydrogen-bond donors (Lipinski definition) is 1. The van der Waals surface area contributed by atoms with Gasteiger partial charge in [-0.1, -0.05) is 23.7 Å². The van der Waals surface area contributed by atoms with Gasteiger partial charge < -0.3 is 10.5 Å². The molecule has 2 heterocycles. The molecule has 0 radical (unpaired) electrons. The van der Waals surface area contributed by atoms with Gasteiger partial charge in [-0.2, -0.15) is 13.2 Å². The predicted octanol–water partition coefficient (Wildman–Crippen LogP) is 5.02. The van der Waals surface area contributed by atoms with Crippen molar-refractivity contribution in [2.45, 2.75) is 49.6 Å². The molecule has 1 spiro atoms. The second kappa shape index (κ2) is 7.15. The number of benzene rings is 1. The molecule has 1 saturated carbocycles. The highest BCUT2D eigenvalue weighted by atomic mass is 35.5. The van der Waals surface area contributed by atoms with Gasteiger partial charge in [-0.3, -0.25) is 4.79 Å². The molecule has 1 amide bonds. The molecule has 0 saturated heterocycles. The summed E-state index contributed by atoms with van der Waals surface area (Å²) in [4.78, 5) is 16.4. The van der Waals surface area contributed by atoms with Crippen LogP contribution in [-0.4, -0.2) is 17.5 Å². The van der Waals surface area contributed by atoms with Crippen LogP contribution in [0, 0.1) is 5.92 Å². The van der Waals surface area contributed by atoms with Gasteiger partial charge in [-0.05, 0) is 62.3 Å². The molecule has 30 heavy (non-hydrogen) atoms. The summed E-state index contributed by atoms with van der Waals surface area (Å²) in [6.07, 6.45) is -1.16. The van der Waals surface area contributed by atoms with E-state index in [1.54, 1.807) is 12.1 Å². The lowest BCUT2D eigenvalue weighted by atomic mass is 9.59. The average molecular weight is 439 g/mol. The third-order valence-electron chi connectivity index (χ3n) is 6.95. The Bertz CT molecular complexity index is 969. The van der Waals surface area contributed by atoms with Crippen LogP contribution in [0.3, 0.4) is 0 Å². The van der Waals surface area contributed by atoms with Crippen LogP contribution in [0.2, 0.25) is 5.02 Å². The Labute approximate surface area is 177 Å². The summed E-state index contributed by atoms with van der Waals surface area (Å²) in [5.74, 6) is -0.184. The molecule has 2 aromatic rings. The highest BCUT2D eigenvalue weighted by Gasteiger charge is 2.50. The summed E-state index contributed by atoms with van der Waals surface area (Å²) < 4.78 is 45.2. The third-order valence-corrected chi connectivity index (χ3v) is 7.20. The van der Waals surface area contributed by atoms with Crippen LogP contribution in [0.25, 0.3) is 0 Å². The van der Waals surface area contributed by atoms with Crippen molar-refractivity contribution in [1.29, 1.82) is 0 Å². The first-order valence-electron chi connectivity index (χ1n) is 9.83. The molecule has 8 heteroatoms. The summed E-state index contributed by atoms with van der Waals surface area (Å²) in [7, 11) is 0. The van der Waals surface area contributed by atoms with E-state index in [9.17, 15) is 18.0 Å². The van der Waals surface area contributed by atoms with Crippen LogP contribution in [0.4, 0.5) is 13.2 Å². The van der Waals surface area contributed by atoms with Crippen LogP contribution in [0.5, 0.6) is 5.88 Å². The van der Waals surface area contributed by atoms with Crippen LogP contribution in [0.1, 0.15) is 49.3 Å². The van der Waals surface area contributed by atoms with Crippen molar-refractivity contribution in [3.05, 3.63) is 58.2 Å². The van der Waals surface area contributed by atoms with Gasteiger partial charge in [0.2, 0.25) is 11.8 Å². The zero-order valence-corrected chi connectivity index (χ0v) is 17.2. The molecule has 1 aliphatic heterocycles. The Morgan fingerprint density at radius 1 is 1.20 bits per heavy atom. The summed E-state index contributed by atoms with van der Waals surface area (Å²) >= 11 is 5.99. The molecular formula is C22H22ClF3N2O2. The number of fused-ring (bicyclic) bond motifs is 2. The van der Waals surface area contributed by atoms with Gasteiger partial charge >= 0.3 is 6.18 Å². The van der Waals surface area contributed by atoms with Gasteiger partial charge in [-0.25, -0.2) is 4.98 Å². The van der Waals surface area contributed by atoms with E-state index < -0.39 is 28.5 Å². The fourth-order valence-corrected chi connectivity index (χ4v) is 5.05. The lowest BCUT2D eigenvalue weighted by Crippen LogP contribution is -2.48. The van der Waals surface area contributed by atoms with E-state index in [1.165, 1.54) is 6.07 Å².